The normalized spacial score (nSPS) is 19.8. The van der Waals surface area contributed by atoms with E-state index >= 15 is 0 Å². The molecule has 2 aromatic heterocycles. The van der Waals surface area contributed by atoms with Crippen LogP contribution in [0.15, 0.2) is 46.2 Å². The van der Waals surface area contributed by atoms with E-state index in [1.54, 1.807) is 23.2 Å². The van der Waals surface area contributed by atoms with Crippen LogP contribution in [0, 0.1) is 17.6 Å². The van der Waals surface area contributed by atoms with Gasteiger partial charge in [-0.05, 0) is 31.4 Å². The Morgan fingerprint density at radius 1 is 1.32 bits per heavy atom. The topological polar surface area (TPSA) is 119 Å². The molecular formula is C28H28ClF2N5O4S. The molecule has 0 saturated heterocycles. The van der Waals surface area contributed by atoms with Gasteiger partial charge in [0.05, 0.1) is 35.9 Å². The lowest BCUT2D eigenvalue weighted by Gasteiger charge is -2.38. The highest BCUT2D eigenvalue weighted by Gasteiger charge is 2.42. The molecule has 0 amide bonds. The standard InChI is InChI=1S/C28H28ClF2N5O4S/c1-4-40-27(39)19-22(14-11-15-13-36(9-7-18(37)38)35-24(15)28(2,3)12-14)33-25(26-32-8-10-41-26)34-23(19)16-5-6-17(30)21(31)20(16)29/h5-6,8,10,13-14,23H,4,7,9,11-12H2,1-3H3,(H,33,34)(H,37,38). The Morgan fingerprint density at radius 2 is 2.10 bits per heavy atom. The fraction of sp³-hybridized carbons (Fsp3) is 0.393. The number of thiazole rings is 1. The zero-order valence-corrected chi connectivity index (χ0v) is 24.2. The molecule has 1 aliphatic carbocycles. The molecule has 1 aliphatic heterocycles. The van der Waals surface area contributed by atoms with Crippen LogP contribution in [0.25, 0.3) is 0 Å². The van der Waals surface area contributed by atoms with Crippen molar-refractivity contribution in [3.05, 3.63) is 79.7 Å². The van der Waals surface area contributed by atoms with Gasteiger partial charge in [0.2, 0.25) is 0 Å². The number of halogens is 3. The van der Waals surface area contributed by atoms with Crippen LogP contribution in [0.4, 0.5) is 8.78 Å². The number of carbonyl (C=O) groups excluding carboxylic acids is 1. The Balaban J connectivity index is 1.65. The predicted molar refractivity (Wildman–Crippen MR) is 149 cm³/mol. The molecule has 0 spiro atoms. The number of carbonyl (C=O) groups is 2. The Hall–Kier alpha value is -3.64. The highest BCUT2D eigenvalue weighted by Crippen LogP contribution is 2.45. The van der Waals surface area contributed by atoms with Crippen LogP contribution in [0.1, 0.15) is 61.5 Å². The minimum Gasteiger partial charge on any atom is -0.481 e. The Kier molecular flexibility index (Phi) is 7.97. The largest absolute Gasteiger partial charge is 0.481 e. The number of carboxylic acids is 1. The average molecular weight is 604 g/mol. The second-order valence-electron chi connectivity index (χ2n) is 10.6. The van der Waals surface area contributed by atoms with Crippen LogP contribution in [-0.2, 0) is 32.7 Å². The first-order valence-corrected chi connectivity index (χ1v) is 14.3. The van der Waals surface area contributed by atoms with Crippen LogP contribution in [-0.4, -0.2) is 44.3 Å². The number of aliphatic imine (C=N–C) groups is 1. The van der Waals surface area contributed by atoms with Gasteiger partial charge in [-0.25, -0.2) is 18.6 Å². The summed E-state index contributed by atoms with van der Waals surface area (Å²) < 4.78 is 35.8. The third kappa shape index (κ3) is 5.62. The van der Waals surface area contributed by atoms with Crippen molar-refractivity contribution in [2.45, 2.75) is 58.0 Å². The number of rotatable bonds is 8. The SMILES string of the molecule is CCOC(=O)C1=C(C2Cc3cn(CCC(=O)O)nc3C(C)(C)C2)NC(c2nccs2)=NC1c1ccc(F)c(F)c1Cl. The van der Waals surface area contributed by atoms with Gasteiger partial charge in [0.15, 0.2) is 22.5 Å². The second kappa shape index (κ2) is 11.3. The molecule has 3 aromatic rings. The Labute approximate surface area is 243 Å². The summed E-state index contributed by atoms with van der Waals surface area (Å²) in [5.74, 6) is -3.79. The molecule has 5 rings (SSSR count). The number of fused-ring (bicyclic) bond motifs is 1. The summed E-state index contributed by atoms with van der Waals surface area (Å²) in [6, 6.07) is 1.20. The van der Waals surface area contributed by atoms with Gasteiger partial charge in [-0.3, -0.25) is 14.5 Å². The lowest BCUT2D eigenvalue weighted by molar-refractivity contribution is -0.139. The number of aliphatic carboxylic acids is 1. The van der Waals surface area contributed by atoms with Crippen molar-refractivity contribution < 1.29 is 28.2 Å². The quantitative estimate of drug-likeness (QED) is 0.268. The molecule has 0 bridgehead atoms. The molecule has 0 radical (unpaired) electrons. The van der Waals surface area contributed by atoms with Gasteiger partial charge in [0.25, 0.3) is 0 Å². The lowest BCUT2D eigenvalue weighted by atomic mass is 9.69. The van der Waals surface area contributed by atoms with E-state index in [0.717, 1.165) is 17.3 Å². The maximum Gasteiger partial charge on any atom is 0.338 e. The van der Waals surface area contributed by atoms with E-state index < -0.39 is 40.1 Å². The highest BCUT2D eigenvalue weighted by molar-refractivity contribution is 7.11. The molecule has 216 valence electrons. The smallest absolute Gasteiger partial charge is 0.338 e. The molecule has 3 heterocycles. The first kappa shape index (κ1) is 28.9. The number of esters is 1. The van der Waals surface area contributed by atoms with Crippen molar-refractivity contribution >= 4 is 40.7 Å². The number of hydrogen-bond donors (Lipinski definition) is 2. The van der Waals surface area contributed by atoms with E-state index in [-0.39, 0.29) is 36.6 Å². The fourth-order valence-electron chi connectivity index (χ4n) is 5.51. The molecular weight excluding hydrogens is 576 g/mol. The summed E-state index contributed by atoms with van der Waals surface area (Å²) in [6.07, 6.45) is 4.47. The minimum atomic E-state index is -1.23. The Bertz CT molecular complexity index is 1570. The maximum atomic E-state index is 14.7. The van der Waals surface area contributed by atoms with E-state index in [2.05, 4.69) is 15.4 Å². The molecule has 2 aliphatic rings. The van der Waals surface area contributed by atoms with Crippen molar-refractivity contribution in [2.24, 2.45) is 10.9 Å². The van der Waals surface area contributed by atoms with Crippen molar-refractivity contribution in [3.8, 4) is 0 Å². The van der Waals surface area contributed by atoms with Crippen LogP contribution in [0.3, 0.4) is 0 Å². The van der Waals surface area contributed by atoms with Crippen LogP contribution >= 0.6 is 22.9 Å². The number of aromatic nitrogens is 3. The monoisotopic (exact) mass is 603 g/mol. The number of amidine groups is 1. The first-order chi connectivity index (χ1) is 19.5. The first-order valence-electron chi connectivity index (χ1n) is 13.1. The molecule has 2 unspecified atom stereocenters. The van der Waals surface area contributed by atoms with Gasteiger partial charge < -0.3 is 15.2 Å². The van der Waals surface area contributed by atoms with Crippen molar-refractivity contribution in [2.75, 3.05) is 6.61 Å². The molecule has 1 aromatic carbocycles. The van der Waals surface area contributed by atoms with Crippen LogP contribution in [0.2, 0.25) is 5.02 Å². The van der Waals surface area contributed by atoms with E-state index in [4.69, 9.17) is 26.4 Å². The van der Waals surface area contributed by atoms with Crippen molar-refractivity contribution in [1.82, 2.24) is 20.1 Å². The average Bonchev–Trinajstić information content (AvgIpc) is 3.61. The zero-order chi connectivity index (χ0) is 29.5. The van der Waals surface area contributed by atoms with E-state index in [0.29, 0.717) is 29.4 Å². The van der Waals surface area contributed by atoms with Gasteiger partial charge in [0, 0.05) is 40.4 Å². The molecule has 0 saturated carbocycles. The number of carboxylic acid groups (broad SMARTS) is 1. The third-order valence-electron chi connectivity index (χ3n) is 7.23. The van der Waals surface area contributed by atoms with Crippen LogP contribution in [0.5, 0.6) is 0 Å². The van der Waals surface area contributed by atoms with Gasteiger partial charge in [-0.2, -0.15) is 5.10 Å². The fourth-order valence-corrected chi connectivity index (χ4v) is 6.35. The van der Waals surface area contributed by atoms with Crippen molar-refractivity contribution in [1.29, 1.82) is 0 Å². The van der Waals surface area contributed by atoms with Gasteiger partial charge in [0.1, 0.15) is 6.04 Å². The van der Waals surface area contributed by atoms with Gasteiger partial charge >= 0.3 is 11.9 Å². The summed E-state index contributed by atoms with van der Waals surface area (Å²) in [6.45, 7) is 6.09. The second-order valence-corrected chi connectivity index (χ2v) is 11.8. The Morgan fingerprint density at radius 3 is 2.78 bits per heavy atom. The van der Waals surface area contributed by atoms with E-state index in [1.807, 2.05) is 20.0 Å². The summed E-state index contributed by atoms with van der Waals surface area (Å²) in [5.41, 5.74) is 2.16. The highest BCUT2D eigenvalue weighted by atomic mass is 35.5. The number of allylic oxidation sites excluding steroid dienone is 1. The van der Waals surface area contributed by atoms with E-state index in [1.165, 1.54) is 17.4 Å². The number of hydrogen-bond acceptors (Lipinski definition) is 8. The van der Waals surface area contributed by atoms with Gasteiger partial charge in [-0.15, -0.1) is 11.3 Å². The predicted octanol–water partition coefficient (Wildman–Crippen LogP) is 5.19. The summed E-state index contributed by atoms with van der Waals surface area (Å²) in [5, 5.41) is 19.0. The van der Waals surface area contributed by atoms with E-state index in [9.17, 15) is 18.4 Å². The number of ether oxygens (including phenoxy) is 1. The molecule has 13 heteroatoms. The summed E-state index contributed by atoms with van der Waals surface area (Å²) >= 11 is 7.64. The third-order valence-corrected chi connectivity index (χ3v) is 8.39. The maximum absolute atomic E-state index is 14.7. The number of benzene rings is 1. The number of nitrogens with zero attached hydrogens (tertiary/aromatic N) is 4. The molecule has 41 heavy (non-hydrogen) atoms. The molecule has 2 N–H and O–H groups in total. The minimum absolute atomic E-state index is 0.0611. The van der Waals surface area contributed by atoms with Crippen LogP contribution < -0.4 is 5.32 Å². The van der Waals surface area contributed by atoms with Crippen molar-refractivity contribution in [3.63, 3.8) is 0 Å². The molecule has 9 nitrogen and oxygen atoms in total. The lowest BCUT2D eigenvalue weighted by Crippen LogP contribution is -2.41. The summed E-state index contributed by atoms with van der Waals surface area (Å²) in [4.78, 5) is 33.8. The summed E-state index contributed by atoms with van der Waals surface area (Å²) in [7, 11) is 0. The molecule has 2 atom stereocenters. The number of nitrogens with one attached hydrogen (secondary N) is 1. The zero-order valence-electron chi connectivity index (χ0n) is 22.6. The van der Waals surface area contributed by atoms with Gasteiger partial charge in [-0.1, -0.05) is 31.5 Å². The number of aryl methyl sites for hydroxylation is 1. The molecule has 0 fully saturated rings.